The highest BCUT2D eigenvalue weighted by Gasteiger charge is 2.46. The van der Waals surface area contributed by atoms with Gasteiger partial charge in [-0.2, -0.15) is 0 Å². The number of H-pyrrole nitrogens is 1. The van der Waals surface area contributed by atoms with Crippen molar-refractivity contribution in [3.05, 3.63) is 106 Å². The van der Waals surface area contributed by atoms with Gasteiger partial charge in [-0.25, -0.2) is 0 Å². The molecule has 0 saturated carbocycles. The van der Waals surface area contributed by atoms with Gasteiger partial charge >= 0.3 is 0 Å². The molecule has 3 aromatic carbocycles. The van der Waals surface area contributed by atoms with E-state index in [1.54, 1.807) is 30.3 Å². The molecule has 1 atom stereocenters. The van der Waals surface area contributed by atoms with Crippen LogP contribution in [0.4, 0.5) is 0 Å². The number of hydrogen-bond acceptors (Lipinski definition) is 4. The van der Waals surface area contributed by atoms with Gasteiger partial charge in [0.25, 0.3) is 11.7 Å². The molecular weight excluding hydrogens is 464 g/mol. The van der Waals surface area contributed by atoms with Gasteiger partial charge in [-0.3, -0.25) is 9.59 Å². The predicted octanol–water partition coefficient (Wildman–Crippen LogP) is 5.49. The number of benzene rings is 3. The van der Waals surface area contributed by atoms with Crippen LogP contribution in [0.5, 0.6) is 5.75 Å². The second kappa shape index (κ2) is 9.31. The maximum absolute atomic E-state index is 13.3. The topological polar surface area (TPSA) is 82.6 Å². The fourth-order valence-corrected chi connectivity index (χ4v) is 4.79. The maximum Gasteiger partial charge on any atom is 0.295 e. The molecule has 1 aliphatic heterocycles. The third kappa shape index (κ3) is 4.06. The lowest BCUT2D eigenvalue weighted by Gasteiger charge is -2.26. The van der Waals surface area contributed by atoms with Crippen LogP contribution >= 0.6 is 11.6 Å². The third-order valence-corrected chi connectivity index (χ3v) is 6.64. The van der Waals surface area contributed by atoms with Crippen LogP contribution in [0.3, 0.4) is 0 Å². The van der Waals surface area contributed by atoms with Crippen LogP contribution in [-0.4, -0.2) is 40.3 Å². The van der Waals surface area contributed by atoms with E-state index in [2.05, 4.69) is 4.98 Å². The molecule has 7 heteroatoms. The summed E-state index contributed by atoms with van der Waals surface area (Å²) in [7, 11) is 1.54. The van der Waals surface area contributed by atoms with Gasteiger partial charge in [0.1, 0.15) is 11.5 Å². The van der Waals surface area contributed by atoms with E-state index < -0.39 is 17.7 Å². The smallest absolute Gasteiger partial charge is 0.295 e. The number of fused-ring (bicyclic) bond motifs is 1. The summed E-state index contributed by atoms with van der Waals surface area (Å²) < 4.78 is 5.56. The number of carbonyl (C=O) groups is 2. The molecule has 35 heavy (non-hydrogen) atoms. The minimum atomic E-state index is -0.799. The quantitative estimate of drug-likeness (QED) is 0.214. The number of ketones is 1. The summed E-state index contributed by atoms with van der Waals surface area (Å²) in [6, 6.07) is 20.9. The molecule has 0 aliphatic carbocycles. The SMILES string of the molecule is COc1ccccc1C1/C(=C(\O)c2ccc(Cl)cc2)C(=O)C(=O)N1CCc1c[nH]c2ccccc12. The fourth-order valence-electron chi connectivity index (χ4n) is 4.67. The number of para-hydroxylation sites is 2. The van der Waals surface area contributed by atoms with Crippen LogP contribution in [0.15, 0.2) is 84.6 Å². The van der Waals surface area contributed by atoms with E-state index in [0.717, 1.165) is 16.5 Å². The van der Waals surface area contributed by atoms with E-state index in [1.807, 2.05) is 48.7 Å². The number of nitrogens with zero attached hydrogens (tertiary/aromatic N) is 1. The molecule has 4 aromatic rings. The zero-order chi connectivity index (χ0) is 24.5. The van der Waals surface area contributed by atoms with E-state index in [0.29, 0.717) is 28.3 Å². The second-order valence-electron chi connectivity index (χ2n) is 8.35. The number of ether oxygens (including phenoxy) is 1. The fraction of sp³-hybridized carbons (Fsp3) is 0.143. The number of aliphatic hydroxyl groups is 1. The van der Waals surface area contributed by atoms with Crippen LogP contribution in [-0.2, 0) is 16.0 Å². The summed E-state index contributed by atoms with van der Waals surface area (Å²) in [5.41, 5.74) is 3.11. The van der Waals surface area contributed by atoms with Crippen LogP contribution < -0.4 is 4.74 Å². The Bertz CT molecular complexity index is 1460. The average Bonchev–Trinajstić information content (AvgIpc) is 3.41. The van der Waals surface area contributed by atoms with E-state index in [4.69, 9.17) is 16.3 Å². The number of aromatic nitrogens is 1. The van der Waals surface area contributed by atoms with Gasteiger partial charge in [0.15, 0.2) is 0 Å². The molecule has 2 heterocycles. The van der Waals surface area contributed by atoms with Crippen LogP contribution in [0, 0.1) is 0 Å². The van der Waals surface area contributed by atoms with Crippen molar-refractivity contribution in [1.82, 2.24) is 9.88 Å². The number of Topliss-reactive ketones (excluding diaryl/α,β-unsaturated/α-hetero) is 1. The number of rotatable bonds is 6. The molecule has 6 nitrogen and oxygen atoms in total. The molecule has 1 unspecified atom stereocenters. The molecule has 0 spiro atoms. The number of methoxy groups -OCH3 is 1. The van der Waals surface area contributed by atoms with Gasteiger partial charge in [-0.15, -0.1) is 0 Å². The second-order valence-corrected chi connectivity index (χ2v) is 8.79. The van der Waals surface area contributed by atoms with Gasteiger partial charge < -0.3 is 19.7 Å². The van der Waals surface area contributed by atoms with Gasteiger partial charge in [0.05, 0.1) is 18.7 Å². The van der Waals surface area contributed by atoms with Crippen LogP contribution in [0.2, 0.25) is 5.02 Å². The summed E-state index contributed by atoms with van der Waals surface area (Å²) in [6.45, 7) is 0.284. The van der Waals surface area contributed by atoms with Crippen molar-refractivity contribution in [1.29, 1.82) is 0 Å². The number of hydrogen-bond donors (Lipinski definition) is 2. The van der Waals surface area contributed by atoms with E-state index in [9.17, 15) is 14.7 Å². The molecule has 1 aromatic heterocycles. The summed E-state index contributed by atoms with van der Waals surface area (Å²) in [5.74, 6) is -1.10. The Labute approximate surface area is 207 Å². The molecule has 176 valence electrons. The third-order valence-electron chi connectivity index (χ3n) is 6.39. The highest BCUT2D eigenvalue weighted by molar-refractivity contribution is 6.46. The Kier molecular flexibility index (Phi) is 6.05. The Balaban J connectivity index is 1.59. The normalized spacial score (nSPS) is 17.3. The summed E-state index contributed by atoms with van der Waals surface area (Å²) in [6.07, 6.45) is 2.46. The van der Waals surface area contributed by atoms with Crippen molar-refractivity contribution in [2.45, 2.75) is 12.5 Å². The first-order valence-electron chi connectivity index (χ1n) is 11.2. The molecule has 0 radical (unpaired) electrons. The lowest BCUT2D eigenvalue weighted by molar-refractivity contribution is -0.139. The van der Waals surface area contributed by atoms with Gasteiger partial charge in [0, 0.05) is 39.8 Å². The van der Waals surface area contributed by atoms with Gasteiger partial charge in [-0.05, 0) is 48.4 Å². The molecular formula is C28H23ClN2O4. The van der Waals surface area contributed by atoms with Crippen molar-refractivity contribution < 1.29 is 19.4 Å². The molecule has 1 aliphatic rings. The Morgan fingerprint density at radius 3 is 2.51 bits per heavy atom. The standard InChI is InChI=1S/C28H23ClN2O4/c1-35-23-9-5-3-7-21(23)25-24(26(32)17-10-12-19(29)13-11-17)27(33)28(34)31(25)15-14-18-16-30-22-8-4-2-6-20(18)22/h2-13,16,25,30,32H,14-15H2,1H3/b26-24+. The molecule has 1 saturated heterocycles. The number of likely N-dealkylation sites (tertiary alicyclic amines) is 1. The van der Waals surface area contributed by atoms with Crippen molar-refractivity contribution in [2.75, 3.05) is 13.7 Å². The van der Waals surface area contributed by atoms with E-state index in [1.165, 1.54) is 12.0 Å². The van der Waals surface area contributed by atoms with Gasteiger partial charge in [0.2, 0.25) is 0 Å². The minimum absolute atomic E-state index is 0.0285. The zero-order valence-electron chi connectivity index (χ0n) is 19.0. The Hall–Kier alpha value is -4.03. The summed E-state index contributed by atoms with van der Waals surface area (Å²) in [4.78, 5) is 31.3. The zero-order valence-corrected chi connectivity index (χ0v) is 19.8. The lowest BCUT2D eigenvalue weighted by atomic mass is 9.94. The highest BCUT2D eigenvalue weighted by Crippen LogP contribution is 2.42. The number of halogens is 1. The Morgan fingerprint density at radius 2 is 1.74 bits per heavy atom. The number of carbonyl (C=O) groups excluding carboxylic acids is 2. The minimum Gasteiger partial charge on any atom is -0.507 e. The number of aliphatic hydroxyl groups excluding tert-OH is 1. The van der Waals surface area contributed by atoms with Crippen molar-refractivity contribution in [3.63, 3.8) is 0 Å². The predicted molar refractivity (Wildman–Crippen MR) is 135 cm³/mol. The molecule has 5 rings (SSSR count). The van der Waals surface area contributed by atoms with E-state index >= 15 is 0 Å². The number of amides is 1. The van der Waals surface area contributed by atoms with Crippen molar-refractivity contribution >= 4 is 40.0 Å². The summed E-state index contributed by atoms with van der Waals surface area (Å²) >= 11 is 6.00. The first-order valence-corrected chi connectivity index (χ1v) is 11.6. The summed E-state index contributed by atoms with van der Waals surface area (Å²) in [5, 5.41) is 12.8. The largest absolute Gasteiger partial charge is 0.507 e. The number of nitrogens with one attached hydrogen (secondary N) is 1. The Morgan fingerprint density at radius 1 is 1.03 bits per heavy atom. The molecule has 2 N–H and O–H groups in total. The monoisotopic (exact) mass is 486 g/mol. The highest BCUT2D eigenvalue weighted by atomic mass is 35.5. The molecule has 0 bridgehead atoms. The molecule has 1 fully saturated rings. The average molecular weight is 487 g/mol. The maximum atomic E-state index is 13.3. The lowest BCUT2D eigenvalue weighted by Crippen LogP contribution is -2.31. The van der Waals surface area contributed by atoms with E-state index in [-0.39, 0.29) is 17.9 Å². The first-order chi connectivity index (χ1) is 17.0. The first kappa shape index (κ1) is 22.7. The van der Waals surface area contributed by atoms with Crippen LogP contribution in [0.1, 0.15) is 22.7 Å². The number of aromatic amines is 1. The van der Waals surface area contributed by atoms with Crippen LogP contribution in [0.25, 0.3) is 16.7 Å². The van der Waals surface area contributed by atoms with Gasteiger partial charge in [-0.1, -0.05) is 48.0 Å². The van der Waals surface area contributed by atoms with Crippen molar-refractivity contribution in [2.24, 2.45) is 0 Å². The molecule has 1 amide bonds. The van der Waals surface area contributed by atoms with Crippen molar-refractivity contribution in [3.8, 4) is 5.75 Å².